The largest absolute Gasteiger partial charge is 0.378 e. The van der Waals surface area contributed by atoms with Crippen molar-refractivity contribution in [3.63, 3.8) is 0 Å². The molecule has 0 atom stereocenters. The predicted molar refractivity (Wildman–Crippen MR) is 69.5 cm³/mol. The Balaban J connectivity index is 2.29. The van der Waals surface area contributed by atoms with E-state index in [1.807, 2.05) is 30.5 Å². The minimum absolute atomic E-state index is 0.465. The summed E-state index contributed by atoms with van der Waals surface area (Å²) in [6, 6.07) is 7.99. The van der Waals surface area contributed by atoms with Gasteiger partial charge in [-0.1, -0.05) is 0 Å². The molecule has 0 saturated carbocycles. The summed E-state index contributed by atoms with van der Waals surface area (Å²) >= 11 is 1.28. The molecule has 0 bridgehead atoms. The molecule has 1 aromatic heterocycles. The fraction of sp³-hybridized carbons (Fsp3) is 0.0909. The summed E-state index contributed by atoms with van der Waals surface area (Å²) in [6.45, 7) is 0. The number of H-pyrrole nitrogens is 1. The van der Waals surface area contributed by atoms with E-state index in [1.54, 1.807) is 7.05 Å². The molecule has 2 aromatic rings. The Labute approximate surface area is 97.5 Å². The Morgan fingerprint density at radius 1 is 1.44 bits per heavy atom. The van der Waals surface area contributed by atoms with Crippen LogP contribution >= 0.6 is 11.8 Å². The molecule has 1 aromatic carbocycles. The second kappa shape index (κ2) is 4.40. The maximum atomic E-state index is 5.94. The van der Waals surface area contributed by atoms with Crippen molar-refractivity contribution in [1.82, 2.24) is 4.98 Å². The highest BCUT2D eigenvalue weighted by Gasteiger charge is 2.10. The Bertz CT molecular complexity index is 556. The average Bonchev–Trinajstić information content (AvgIpc) is 2.75. The molecule has 2 rings (SSSR count). The van der Waals surface area contributed by atoms with Crippen molar-refractivity contribution < 1.29 is 5.41 Å². The number of hydrogen-bond acceptors (Lipinski definition) is 2. The fourth-order valence-corrected chi connectivity index (χ4v) is 1.99. The van der Waals surface area contributed by atoms with Gasteiger partial charge in [0, 0.05) is 35.9 Å². The van der Waals surface area contributed by atoms with Crippen LogP contribution in [0.5, 0.6) is 0 Å². The Morgan fingerprint density at radius 3 is 3.00 bits per heavy atom. The van der Waals surface area contributed by atoms with Crippen LogP contribution in [0.25, 0.3) is 10.9 Å². The summed E-state index contributed by atoms with van der Waals surface area (Å²) in [5, 5.41) is 8.20. The molecule has 0 aliphatic rings. The van der Waals surface area contributed by atoms with Gasteiger partial charge in [0.2, 0.25) is 5.04 Å². The zero-order valence-electron chi connectivity index (χ0n) is 8.90. The van der Waals surface area contributed by atoms with Crippen LogP contribution in [0.4, 0.5) is 0 Å². The number of nitrogens with zero attached hydrogens (tertiary/aromatic N) is 1. The van der Waals surface area contributed by atoms with Crippen molar-refractivity contribution in [3.05, 3.63) is 36.0 Å². The molecule has 0 fully saturated rings. The number of benzene rings is 1. The molecule has 0 aliphatic carbocycles. The topological polar surface area (TPSA) is 79.8 Å². The molecule has 0 amide bonds. The van der Waals surface area contributed by atoms with Crippen LogP contribution in [0.3, 0.4) is 0 Å². The van der Waals surface area contributed by atoms with Crippen LogP contribution in [0, 0.1) is 0 Å². The van der Waals surface area contributed by atoms with Gasteiger partial charge in [-0.2, -0.15) is 0 Å². The minimum atomic E-state index is 0.465. The third-order valence-corrected chi connectivity index (χ3v) is 3.12. The van der Waals surface area contributed by atoms with Crippen LogP contribution in [0.1, 0.15) is 5.56 Å². The number of amidine groups is 1. The van der Waals surface area contributed by atoms with Crippen LogP contribution in [-0.2, 0) is 0 Å². The second-order valence-electron chi connectivity index (χ2n) is 3.31. The molecular weight excluding hydrogens is 220 g/mol. The van der Waals surface area contributed by atoms with Gasteiger partial charge in [-0.15, -0.1) is 0 Å². The molecule has 5 N–H and O–H groups in total. The Morgan fingerprint density at radius 2 is 2.25 bits per heavy atom. The van der Waals surface area contributed by atoms with E-state index < -0.39 is 0 Å². The quantitative estimate of drug-likeness (QED) is 0.491. The lowest BCUT2D eigenvalue weighted by molar-refractivity contribution is -0.107. The molecule has 5 heteroatoms. The van der Waals surface area contributed by atoms with Gasteiger partial charge in [-0.05, 0) is 24.3 Å². The van der Waals surface area contributed by atoms with Crippen LogP contribution in [0.2, 0.25) is 0 Å². The summed E-state index contributed by atoms with van der Waals surface area (Å²) in [7, 11) is 1.64. The van der Waals surface area contributed by atoms with Crippen molar-refractivity contribution in [2.24, 2.45) is 10.7 Å². The number of fused-ring (bicyclic) bond motifs is 1. The smallest absolute Gasteiger partial charge is 0.246 e. The number of aliphatic imine (C=N–C) groups is 1. The maximum absolute atomic E-state index is 5.94. The summed E-state index contributed by atoms with van der Waals surface area (Å²) in [5.41, 5.74) is 7.67. The maximum Gasteiger partial charge on any atom is 0.246 e. The third-order valence-electron chi connectivity index (χ3n) is 2.27. The minimum Gasteiger partial charge on any atom is -0.378 e. The highest BCUT2D eigenvalue weighted by atomic mass is 32.2. The first kappa shape index (κ1) is 10.8. The van der Waals surface area contributed by atoms with E-state index in [9.17, 15) is 0 Å². The summed E-state index contributed by atoms with van der Waals surface area (Å²) < 4.78 is 0. The van der Waals surface area contributed by atoms with Crippen molar-refractivity contribution in [2.75, 3.05) is 7.05 Å². The molecule has 82 valence electrons. The third kappa shape index (κ3) is 2.09. The summed E-state index contributed by atoms with van der Waals surface area (Å²) in [6.07, 6.45) is 1.90. The first-order valence-electron chi connectivity index (χ1n) is 4.81. The lowest BCUT2D eigenvalue weighted by atomic mass is 10.2. The van der Waals surface area contributed by atoms with E-state index in [-0.39, 0.29) is 0 Å². The molecule has 0 spiro atoms. The summed E-state index contributed by atoms with van der Waals surface area (Å²) in [4.78, 5) is 6.99. The van der Waals surface area contributed by atoms with Gasteiger partial charge in [-0.25, -0.2) is 5.41 Å². The van der Waals surface area contributed by atoms with Gasteiger partial charge in [0.05, 0.1) is 5.56 Å². The van der Waals surface area contributed by atoms with Gasteiger partial charge >= 0.3 is 0 Å². The molecule has 0 aliphatic heterocycles. The SMILES string of the molecule is CN=C(N)SC(=[NH2+])c1ccc2[nH]ccc2c1. The van der Waals surface area contributed by atoms with E-state index in [0.717, 1.165) is 16.5 Å². The number of aromatic amines is 1. The lowest BCUT2D eigenvalue weighted by Crippen LogP contribution is -2.39. The van der Waals surface area contributed by atoms with Gasteiger partial charge in [-0.3, -0.25) is 4.99 Å². The molecule has 1 heterocycles. The van der Waals surface area contributed by atoms with Crippen LogP contribution < -0.4 is 11.1 Å². The number of rotatable bonds is 1. The number of hydrogen-bond donors (Lipinski definition) is 3. The normalized spacial score (nSPS) is 11.9. The Kier molecular flexibility index (Phi) is 2.96. The molecule has 0 radical (unpaired) electrons. The van der Waals surface area contributed by atoms with E-state index in [2.05, 4.69) is 9.98 Å². The monoisotopic (exact) mass is 233 g/mol. The number of nitrogens with two attached hydrogens (primary N) is 2. The Hall–Kier alpha value is -1.75. The highest BCUT2D eigenvalue weighted by Crippen LogP contribution is 2.17. The zero-order valence-corrected chi connectivity index (χ0v) is 9.71. The second-order valence-corrected chi connectivity index (χ2v) is 4.37. The van der Waals surface area contributed by atoms with Crippen molar-refractivity contribution >= 4 is 32.9 Å². The van der Waals surface area contributed by atoms with Gasteiger partial charge in [0.25, 0.3) is 0 Å². The lowest BCUT2D eigenvalue weighted by Gasteiger charge is -1.98. The molecule has 0 saturated heterocycles. The number of thioether (sulfide) groups is 1. The fourth-order valence-electron chi connectivity index (χ4n) is 1.42. The number of aromatic nitrogens is 1. The highest BCUT2D eigenvalue weighted by molar-refractivity contribution is 8.26. The van der Waals surface area contributed by atoms with Crippen molar-refractivity contribution in [3.8, 4) is 0 Å². The zero-order chi connectivity index (χ0) is 11.5. The average molecular weight is 233 g/mol. The van der Waals surface area contributed by atoms with Gasteiger partial charge < -0.3 is 10.7 Å². The molecule has 4 nitrogen and oxygen atoms in total. The van der Waals surface area contributed by atoms with E-state index in [4.69, 9.17) is 11.1 Å². The van der Waals surface area contributed by atoms with Crippen molar-refractivity contribution in [1.29, 1.82) is 0 Å². The van der Waals surface area contributed by atoms with Crippen LogP contribution in [-0.4, -0.2) is 22.2 Å². The summed E-state index contributed by atoms with van der Waals surface area (Å²) in [5.74, 6) is 0. The van der Waals surface area contributed by atoms with E-state index >= 15 is 0 Å². The molecular formula is C11H13N4S+. The molecule has 16 heavy (non-hydrogen) atoms. The van der Waals surface area contributed by atoms with E-state index in [1.165, 1.54) is 11.8 Å². The first-order chi connectivity index (χ1) is 7.70. The predicted octanol–water partition coefficient (Wildman–Crippen LogP) is 0.351. The van der Waals surface area contributed by atoms with Gasteiger partial charge in [0.15, 0.2) is 5.17 Å². The van der Waals surface area contributed by atoms with Crippen molar-refractivity contribution in [2.45, 2.75) is 0 Å². The molecule has 0 unspecified atom stereocenters. The first-order valence-corrected chi connectivity index (χ1v) is 5.62. The standard InChI is InChI=1S/C11H12N4S/c1-14-11(13)16-10(12)8-2-3-9-7(6-8)4-5-15-9/h2-6,12,15H,1H3,(H2,13,14)/p+1. The van der Waals surface area contributed by atoms with Gasteiger partial charge in [0.1, 0.15) is 0 Å². The number of nitrogens with one attached hydrogen (secondary N) is 1. The van der Waals surface area contributed by atoms with Crippen LogP contribution in [0.15, 0.2) is 35.5 Å². The van der Waals surface area contributed by atoms with E-state index in [0.29, 0.717) is 10.2 Å².